The Balaban J connectivity index is 1.70. The number of hydrogen-bond donors (Lipinski definition) is 0. The fourth-order valence-corrected chi connectivity index (χ4v) is 3.72. The van der Waals surface area contributed by atoms with Gasteiger partial charge < -0.3 is 0 Å². The lowest BCUT2D eigenvalue weighted by molar-refractivity contribution is -0.384. The van der Waals surface area contributed by atoms with Crippen LogP contribution >= 0.6 is 11.6 Å². The van der Waals surface area contributed by atoms with Crippen molar-refractivity contribution in [3.05, 3.63) is 86.6 Å². The van der Waals surface area contributed by atoms with Crippen LogP contribution in [0.5, 0.6) is 0 Å². The number of rotatable bonds is 6. The van der Waals surface area contributed by atoms with E-state index in [4.69, 9.17) is 11.6 Å². The van der Waals surface area contributed by atoms with Crippen LogP contribution in [-0.2, 0) is 11.3 Å². The molecule has 1 aromatic heterocycles. The number of halogens is 1. The van der Waals surface area contributed by atoms with E-state index in [1.54, 1.807) is 13.0 Å². The molecule has 7 nitrogen and oxygen atoms in total. The molecule has 8 heteroatoms. The number of nitriles is 1. The zero-order valence-electron chi connectivity index (χ0n) is 17.3. The van der Waals surface area contributed by atoms with E-state index in [9.17, 15) is 20.2 Å². The van der Waals surface area contributed by atoms with Gasteiger partial charge in [-0.25, -0.2) is 4.98 Å². The highest BCUT2D eigenvalue weighted by Crippen LogP contribution is 2.38. The highest BCUT2D eigenvalue weighted by molar-refractivity contribution is 6.31. The first-order valence-electron chi connectivity index (χ1n) is 10.1. The first-order chi connectivity index (χ1) is 15.4. The quantitative estimate of drug-likeness (QED) is 0.371. The number of nitro groups is 1. The van der Waals surface area contributed by atoms with Crippen molar-refractivity contribution in [2.24, 2.45) is 5.92 Å². The molecule has 1 heterocycles. The lowest BCUT2D eigenvalue weighted by Gasteiger charge is -2.22. The van der Waals surface area contributed by atoms with Crippen molar-refractivity contribution in [1.29, 1.82) is 5.26 Å². The van der Waals surface area contributed by atoms with Crippen LogP contribution in [0.3, 0.4) is 0 Å². The van der Waals surface area contributed by atoms with Crippen LogP contribution in [0, 0.1) is 34.3 Å². The van der Waals surface area contributed by atoms with Crippen molar-refractivity contribution >= 4 is 29.0 Å². The maximum Gasteiger partial charge on any atom is 0.316 e. The molecule has 0 atom stereocenters. The molecule has 1 aliphatic rings. The second-order valence-electron chi connectivity index (χ2n) is 7.71. The normalized spacial score (nSPS) is 12.8. The predicted molar refractivity (Wildman–Crippen MR) is 121 cm³/mol. The summed E-state index contributed by atoms with van der Waals surface area (Å²) in [7, 11) is 0. The molecule has 0 saturated heterocycles. The van der Waals surface area contributed by atoms with Crippen LogP contribution < -0.4 is 4.90 Å². The molecule has 1 fully saturated rings. The molecule has 0 radical (unpaired) electrons. The summed E-state index contributed by atoms with van der Waals surface area (Å²) >= 11 is 6.06. The third-order valence-electron chi connectivity index (χ3n) is 5.51. The van der Waals surface area contributed by atoms with Gasteiger partial charge in [-0.1, -0.05) is 54.1 Å². The van der Waals surface area contributed by atoms with Crippen molar-refractivity contribution in [2.75, 3.05) is 4.90 Å². The third kappa shape index (κ3) is 4.18. The second-order valence-corrected chi connectivity index (χ2v) is 8.12. The van der Waals surface area contributed by atoms with Crippen molar-refractivity contribution in [3.63, 3.8) is 0 Å². The molecular formula is C24H19ClN4O3. The summed E-state index contributed by atoms with van der Waals surface area (Å²) in [5.41, 5.74) is 3.07. The van der Waals surface area contributed by atoms with Gasteiger partial charge in [-0.3, -0.25) is 19.8 Å². The molecule has 32 heavy (non-hydrogen) atoms. The van der Waals surface area contributed by atoms with E-state index in [1.165, 1.54) is 11.1 Å². The Morgan fingerprint density at radius 3 is 2.56 bits per heavy atom. The number of hydrogen-bond acceptors (Lipinski definition) is 5. The van der Waals surface area contributed by atoms with Crippen molar-refractivity contribution in [3.8, 4) is 17.2 Å². The van der Waals surface area contributed by atoms with Crippen LogP contribution in [0.1, 0.15) is 29.5 Å². The zero-order chi connectivity index (χ0) is 22.8. The topological polar surface area (TPSA) is 100 Å². The Morgan fingerprint density at radius 1 is 1.25 bits per heavy atom. The van der Waals surface area contributed by atoms with Crippen LogP contribution in [0.4, 0.5) is 11.5 Å². The molecule has 160 valence electrons. The summed E-state index contributed by atoms with van der Waals surface area (Å²) in [4.78, 5) is 29.8. The molecule has 0 N–H and O–H groups in total. The number of benzene rings is 2. The second kappa shape index (κ2) is 8.77. The Bertz CT molecular complexity index is 1250. The van der Waals surface area contributed by atoms with Crippen LogP contribution in [0.25, 0.3) is 11.1 Å². The van der Waals surface area contributed by atoms with Crippen molar-refractivity contribution < 1.29 is 9.72 Å². The molecule has 0 unspecified atom stereocenters. The minimum atomic E-state index is -0.543. The third-order valence-corrected chi connectivity index (χ3v) is 5.89. The SMILES string of the molecule is Cc1c(Cl)cnc(N(Cc2ccc(-c3ccccc3C#N)cc2)C(=O)C2CC2)c1[N+](=O)[O-]. The van der Waals surface area contributed by atoms with E-state index in [2.05, 4.69) is 11.1 Å². The van der Waals surface area contributed by atoms with E-state index in [0.717, 1.165) is 29.5 Å². The summed E-state index contributed by atoms with van der Waals surface area (Å²) < 4.78 is 0. The largest absolute Gasteiger partial charge is 0.316 e. The Labute approximate surface area is 190 Å². The monoisotopic (exact) mass is 446 g/mol. The number of anilines is 1. The summed E-state index contributed by atoms with van der Waals surface area (Å²) in [6.07, 6.45) is 2.87. The summed E-state index contributed by atoms with van der Waals surface area (Å²) in [5.74, 6) is -0.317. The van der Waals surface area contributed by atoms with Crippen LogP contribution in [-0.4, -0.2) is 15.8 Å². The van der Waals surface area contributed by atoms with E-state index >= 15 is 0 Å². The average molecular weight is 447 g/mol. The molecule has 1 saturated carbocycles. The Hall–Kier alpha value is -3.76. The zero-order valence-corrected chi connectivity index (χ0v) is 18.0. The number of pyridine rings is 1. The summed E-state index contributed by atoms with van der Waals surface area (Å²) in [6, 6.07) is 17.0. The number of aromatic nitrogens is 1. The van der Waals surface area contributed by atoms with Gasteiger partial charge in [-0.2, -0.15) is 5.26 Å². The fourth-order valence-electron chi connectivity index (χ4n) is 3.59. The number of nitrogens with zero attached hydrogens (tertiary/aromatic N) is 4. The molecule has 2 aromatic carbocycles. The molecule has 0 bridgehead atoms. The van der Waals surface area contributed by atoms with E-state index < -0.39 is 4.92 Å². The molecule has 1 aliphatic carbocycles. The number of carbonyl (C=O) groups excluding carboxylic acids is 1. The summed E-state index contributed by atoms with van der Waals surface area (Å²) in [5, 5.41) is 21.3. The minimum absolute atomic E-state index is 0.00713. The predicted octanol–water partition coefficient (Wildman–Crippen LogP) is 5.43. The summed E-state index contributed by atoms with van der Waals surface area (Å²) in [6.45, 7) is 1.69. The van der Waals surface area contributed by atoms with Crippen molar-refractivity contribution in [2.45, 2.75) is 26.3 Å². The molecule has 0 spiro atoms. The van der Waals surface area contributed by atoms with Gasteiger partial charge in [-0.15, -0.1) is 0 Å². The molecule has 1 amide bonds. The number of amides is 1. The van der Waals surface area contributed by atoms with E-state index in [1.807, 2.05) is 42.5 Å². The first kappa shape index (κ1) is 21.5. The van der Waals surface area contributed by atoms with Gasteiger partial charge in [0.1, 0.15) is 0 Å². The van der Waals surface area contributed by atoms with Gasteiger partial charge >= 0.3 is 5.69 Å². The Morgan fingerprint density at radius 2 is 1.94 bits per heavy atom. The fraction of sp³-hybridized carbons (Fsp3) is 0.208. The van der Waals surface area contributed by atoms with Gasteiger partial charge in [-0.05, 0) is 42.5 Å². The highest BCUT2D eigenvalue weighted by atomic mass is 35.5. The van der Waals surface area contributed by atoms with Gasteiger partial charge in [0.15, 0.2) is 0 Å². The van der Waals surface area contributed by atoms with E-state index in [0.29, 0.717) is 5.56 Å². The maximum atomic E-state index is 13.0. The van der Waals surface area contributed by atoms with Crippen molar-refractivity contribution in [1.82, 2.24) is 4.98 Å². The molecule has 0 aliphatic heterocycles. The molecule has 4 rings (SSSR count). The minimum Gasteiger partial charge on any atom is -0.286 e. The average Bonchev–Trinajstić information content (AvgIpc) is 3.64. The highest BCUT2D eigenvalue weighted by Gasteiger charge is 2.38. The van der Waals surface area contributed by atoms with Gasteiger partial charge in [0.2, 0.25) is 11.7 Å². The standard InChI is InChI=1S/C24H19ClN4O3/c1-15-21(25)13-27-23(22(15)29(31)32)28(24(30)18-10-11-18)14-16-6-8-17(9-7-16)20-5-3-2-4-19(20)12-26/h2-9,13,18H,10-11,14H2,1H3. The van der Waals surface area contributed by atoms with E-state index in [-0.39, 0.29) is 40.5 Å². The molecule has 3 aromatic rings. The number of carbonyl (C=O) groups is 1. The van der Waals surface area contributed by atoms with Crippen LogP contribution in [0.15, 0.2) is 54.7 Å². The first-order valence-corrected chi connectivity index (χ1v) is 10.5. The van der Waals surface area contributed by atoms with Gasteiger partial charge in [0.25, 0.3) is 0 Å². The Kier molecular flexibility index (Phi) is 5.89. The lowest BCUT2D eigenvalue weighted by atomic mass is 9.99. The van der Waals surface area contributed by atoms with Gasteiger partial charge in [0.05, 0.1) is 33.7 Å². The molecular weight excluding hydrogens is 428 g/mol. The smallest absolute Gasteiger partial charge is 0.286 e. The maximum absolute atomic E-state index is 13.0. The van der Waals surface area contributed by atoms with Gasteiger partial charge in [0, 0.05) is 12.1 Å². The van der Waals surface area contributed by atoms with Crippen LogP contribution in [0.2, 0.25) is 5.02 Å². The lowest BCUT2D eigenvalue weighted by Crippen LogP contribution is -2.33.